The highest BCUT2D eigenvalue weighted by atomic mass is 19.1. The second kappa shape index (κ2) is 7.14. The van der Waals surface area contributed by atoms with Gasteiger partial charge in [0.1, 0.15) is 11.6 Å². The van der Waals surface area contributed by atoms with Gasteiger partial charge < -0.3 is 5.73 Å². The van der Waals surface area contributed by atoms with Gasteiger partial charge in [0.25, 0.3) is 0 Å². The molecule has 0 amide bonds. The maximum Gasteiger partial charge on any atom is 0.126 e. The van der Waals surface area contributed by atoms with E-state index in [4.69, 9.17) is 5.73 Å². The molecule has 0 radical (unpaired) electrons. The minimum atomic E-state index is -0.498. The van der Waals surface area contributed by atoms with Crippen molar-refractivity contribution in [2.75, 3.05) is 6.54 Å². The number of nitrogens with two attached hydrogens (primary N) is 1. The summed E-state index contributed by atoms with van der Waals surface area (Å²) in [4.78, 5) is 2.35. The van der Waals surface area contributed by atoms with E-state index >= 15 is 0 Å². The van der Waals surface area contributed by atoms with Crippen LogP contribution in [0.15, 0.2) is 18.2 Å². The number of halogens is 2. The first-order valence-electron chi connectivity index (χ1n) is 7.53. The van der Waals surface area contributed by atoms with Crippen molar-refractivity contribution in [3.05, 3.63) is 35.4 Å². The van der Waals surface area contributed by atoms with Crippen LogP contribution >= 0.6 is 0 Å². The van der Waals surface area contributed by atoms with E-state index < -0.39 is 11.6 Å². The Balaban J connectivity index is 2.04. The zero-order valence-corrected chi connectivity index (χ0v) is 12.1. The Morgan fingerprint density at radius 3 is 2.25 bits per heavy atom. The molecule has 1 aliphatic rings. The van der Waals surface area contributed by atoms with E-state index in [0.717, 1.165) is 44.7 Å². The lowest BCUT2D eigenvalue weighted by molar-refractivity contribution is 0.142. The fourth-order valence-electron chi connectivity index (χ4n) is 3.08. The second-order valence-corrected chi connectivity index (χ2v) is 5.82. The Kier molecular flexibility index (Phi) is 5.49. The van der Waals surface area contributed by atoms with Gasteiger partial charge in [-0.3, -0.25) is 4.90 Å². The SMILES string of the molecule is CCCN(Cc1cc(F)cc(F)c1)C1CCC(N)CC1. The number of benzene rings is 1. The van der Waals surface area contributed by atoms with Crippen molar-refractivity contribution in [1.29, 1.82) is 0 Å². The lowest BCUT2D eigenvalue weighted by Crippen LogP contribution is -2.40. The molecule has 0 unspecified atom stereocenters. The van der Waals surface area contributed by atoms with Gasteiger partial charge in [-0.15, -0.1) is 0 Å². The quantitative estimate of drug-likeness (QED) is 0.896. The average Bonchev–Trinajstić information content (AvgIpc) is 2.38. The van der Waals surface area contributed by atoms with E-state index in [0.29, 0.717) is 24.2 Å². The molecule has 0 aliphatic heterocycles. The second-order valence-electron chi connectivity index (χ2n) is 5.82. The lowest BCUT2D eigenvalue weighted by Gasteiger charge is -2.36. The Hall–Kier alpha value is -1.00. The summed E-state index contributed by atoms with van der Waals surface area (Å²) in [7, 11) is 0. The van der Waals surface area contributed by atoms with Crippen molar-refractivity contribution in [2.24, 2.45) is 5.73 Å². The van der Waals surface area contributed by atoms with Crippen LogP contribution in [0.2, 0.25) is 0 Å². The molecule has 1 fully saturated rings. The van der Waals surface area contributed by atoms with Crippen LogP contribution in [0.4, 0.5) is 8.78 Å². The molecule has 1 saturated carbocycles. The van der Waals surface area contributed by atoms with E-state index in [1.165, 1.54) is 12.1 Å². The molecule has 1 aromatic carbocycles. The Bertz CT molecular complexity index is 408. The highest BCUT2D eigenvalue weighted by Gasteiger charge is 2.24. The Labute approximate surface area is 120 Å². The highest BCUT2D eigenvalue weighted by Crippen LogP contribution is 2.24. The van der Waals surface area contributed by atoms with Gasteiger partial charge in [-0.2, -0.15) is 0 Å². The van der Waals surface area contributed by atoms with Gasteiger partial charge in [0.15, 0.2) is 0 Å². The van der Waals surface area contributed by atoms with E-state index in [1.807, 2.05) is 0 Å². The van der Waals surface area contributed by atoms with Crippen LogP contribution in [-0.4, -0.2) is 23.5 Å². The van der Waals surface area contributed by atoms with Gasteiger partial charge in [-0.05, 0) is 56.3 Å². The standard InChI is InChI=1S/C16H24F2N2/c1-2-7-20(16-5-3-15(19)4-6-16)11-12-8-13(17)10-14(18)9-12/h8-10,15-16H,2-7,11,19H2,1H3. The topological polar surface area (TPSA) is 29.3 Å². The predicted octanol–water partition coefficient (Wildman–Crippen LogP) is 3.45. The van der Waals surface area contributed by atoms with Crippen LogP contribution in [0.3, 0.4) is 0 Å². The molecule has 0 aromatic heterocycles. The van der Waals surface area contributed by atoms with Gasteiger partial charge in [0.2, 0.25) is 0 Å². The molecule has 0 atom stereocenters. The molecule has 0 spiro atoms. The van der Waals surface area contributed by atoms with E-state index in [9.17, 15) is 8.78 Å². The summed E-state index contributed by atoms with van der Waals surface area (Å²) in [5, 5.41) is 0. The lowest BCUT2D eigenvalue weighted by atomic mass is 9.90. The summed E-state index contributed by atoms with van der Waals surface area (Å²) in [6.07, 6.45) is 5.29. The summed E-state index contributed by atoms with van der Waals surface area (Å²) in [6, 6.07) is 4.59. The molecule has 1 aromatic rings. The molecular formula is C16H24F2N2. The molecule has 0 saturated heterocycles. The normalized spacial score (nSPS) is 23.2. The smallest absolute Gasteiger partial charge is 0.126 e. The van der Waals surface area contributed by atoms with Crippen molar-refractivity contribution in [3.8, 4) is 0 Å². The fourth-order valence-corrected chi connectivity index (χ4v) is 3.08. The van der Waals surface area contributed by atoms with E-state index in [-0.39, 0.29) is 0 Å². The van der Waals surface area contributed by atoms with Gasteiger partial charge >= 0.3 is 0 Å². The van der Waals surface area contributed by atoms with Crippen molar-refractivity contribution in [2.45, 2.75) is 57.7 Å². The number of hydrogen-bond donors (Lipinski definition) is 1. The van der Waals surface area contributed by atoms with Crippen LogP contribution in [0, 0.1) is 11.6 Å². The summed E-state index contributed by atoms with van der Waals surface area (Å²) in [5.74, 6) is -0.996. The first-order chi connectivity index (χ1) is 9.58. The average molecular weight is 282 g/mol. The minimum Gasteiger partial charge on any atom is -0.328 e. The van der Waals surface area contributed by atoms with E-state index in [1.54, 1.807) is 0 Å². The van der Waals surface area contributed by atoms with Crippen LogP contribution in [0.1, 0.15) is 44.6 Å². The third-order valence-corrected chi connectivity index (χ3v) is 4.08. The largest absolute Gasteiger partial charge is 0.328 e. The summed E-state index contributed by atoms with van der Waals surface area (Å²) >= 11 is 0. The van der Waals surface area contributed by atoms with Gasteiger partial charge in [0.05, 0.1) is 0 Å². The third kappa shape index (κ3) is 4.25. The van der Waals surface area contributed by atoms with Crippen LogP contribution in [0.5, 0.6) is 0 Å². The summed E-state index contributed by atoms with van der Waals surface area (Å²) in [5.41, 5.74) is 6.66. The third-order valence-electron chi connectivity index (χ3n) is 4.08. The molecule has 0 bridgehead atoms. The maximum atomic E-state index is 13.3. The Morgan fingerprint density at radius 1 is 1.10 bits per heavy atom. The molecule has 2 rings (SSSR count). The number of hydrogen-bond acceptors (Lipinski definition) is 2. The fraction of sp³-hybridized carbons (Fsp3) is 0.625. The first-order valence-corrected chi connectivity index (χ1v) is 7.53. The summed E-state index contributed by atoms with van der Waals surface area (Å²) < 4.78 is 26.6. The van der Waals surface area contributed by atoms with Crippen molar-refractivity contribution >= 4 is 0 Å². The van der Waals surface area contributed by atoms with Crippen molar-refractivity contribution in [3.63, 3.8) is 0 Å². The zero-order chi connectivity index (χ0) is 14.5. The molecule has 20 heavy (non-hydrogen) atoms. The molecule has 112 valence electrons. The Morgan fingerprint density at radius 2 is 1.70 bits per heavy atom. The highest BCUT2D eigenvalue weighted by molar-refractivity contribution is 5.18. The van der Waals surface area contributed by atoms with Crippen molar-refractivity contribution in [1.82, 2.24) is 4.90 Å². The van der Waals surface area contributed by atoms with Gasteiger partial charge in [-0.25, -0.2) is 8.78 Å². The maximum absolute atomic E-state index is 13.3. The van der Waals surface area contributed by atoms with Crippen LogP contribution in [-0.2, 0) is 6.54 Å². The number of rotatable bonds is 5. The van der Waals surface area contributed by atoms with E-state index in [2.05, 4.69) is 11.8 Å². The summed E-state index contributed by atoms with van der Waals surface area (Å²) in [6.45, 7) is 3.70. The van der Waals surface area contributed by atoms with Crippen LogP contribution in [0.25, 0.3) is 0 Å². The molecule has 2 nitrogen and oxygen atoms in total. The predicted molar refractivity (Wildman–Crippen MR) is 77.3 cm³/mol. The van der Waals surface area contributed by atoms with Gasteiger partial charge in [0, 0.05) is 24.7 Å². The molecule has 2 N–H and O–H groups in total. The van der Waals surface area contributed by atoms with Gasteiger partial charge in [-0.1, -0.05) is 6.92 Å². The zero-order valence-electron chi connectivity index (χ0n) is 12.1. The molecule has 0 heterocycles. The minimum absolute atomic E-state index is 0.321. The monoisotopic (exact) mass is 282 g/mol. The molecule has 4 heteroatoms. The van der Waals surface area contributed by atoms with Crippen molar-refractivity contribution < 1.29 is 8.78 Å². The molecule has 1 aliphatic carbocycles. The number of nitrogens with zero attached hydrogens (tertiary/aromatic N) is 1. The van der Waals surface area contributed by atoms with Crippen LogP contribution < -0.4 is 5.73 Å². The molecular weight excluding hydrogens is 258 g/mol. The first kappa shape index (κ1) is 15.4.